The zero-order valence-corrected chi connectivity index (χ0v) is 13.5. The van der Waals surface area contributed by atoms with Crippen molar-refractivity contribution in [1.82, 2.24) is 10.6 Å². The molecule has 2 N–H and O–H groups in total. The summed E-state index contributed by atoms with van der Waals surface area (Å²) in [6.45, 7) is 10.1. The summed E-state index contributed by atoms with van der Waals surface area (Å²) in [6, 6.07) is 0.335. The molecule has 0 bridgehead atoms. The fraction of sp³-hybridized carbons (Fsp3) is 0.933. The number of methoxy groups -OCH3 is 1. The second-order valence-electron chi connectivity index (χ2n) is 6.80. The van der Waals surface area contributed by atoms with Crippen LogP contribution in [-0.4, -0.2) is 44.5 Å². The summed E-state index contributed by atoms with van der Waals surface area (Å²) in [5.74, 6) is 1.16. The highest BCUT2D eigenvalue weighted by atomic mass is 16.6. The first-order valence-corrected chi connectivity index (χ1v) is 7.51. The van der Waals surface area contributed by atoms with Crippen LogP contribution in [-0.2, 0) is 9.47 Å². The summed E-state index contributed by atoms with van der Waals surface area (Å²) in [7, 11) is 1.72. The van der Waals surface area contributed by atoms with Crippen molar-refractivity contribution in [3.63, 3.8) is 0 Å². The Morgan fingerprint density at radius 3 is 2.45 bits per heavy atom. The molecular weight excluding hydrogens is 256 g/mol. The average molecular weight is 286 g/mol. The van der Waals surface area contributed by atoms with Gasteiger partial charge in [-0.2, -0.15) is 0 Å². The van der Waals surface area contributed by atoms with E-state index >= 15 is 0 Å². The second-order valence-corrected chi connectivity index (χ2v) is 6.80. The van der Waals surface area contributed by atoms with Gasteiger partial charge in [0.25, 0.3) is 0 Å². The first-order chi connectivity index (χ1) is 9.31. The molecule has 1 rings (SSSR count). The highest BCUT2D eigenvalue weighted by molar-refractivity contribution is 5.67. The highest BCUT2D eigenvalue weighted by Crippen LogP contribution is 2.32. The number of carbonyl (C=O) groups excluding carboxylic acids is 1. The highest BCUT2D eigenvalue weighted by Gasteiger charge is 2.31. The van der Waals surface area contributed by atoms with Gasteiger partial charge in [-0.25, -0.2) is 4.79 Å². The number of hydrogen-bond donors (Lipinski definition) is 2. The van der Waals surface area contributed by atoms with E-state index in [0.29, 0.717) is 24.4 Å². The molecule has 0 heterocycles. The molecule has 2 atom stereocenters. The minimum Gasteiger partial charge on any atom is -0.444 e. The lowest BCUT2D eigenvalue weighted by Gasteiger charge is -2.23. The van der Waals surface area contributed by atoms with Crippen molar-refractivity contribution in [2.75, 3.05) is 26.8 Å². The smallest absolute Gasteiger partial charge is 0.407 e. The fourth-order valence-corrected chi connectivity index (χ4v) is 2.11. The Balaban J connectivity index is 2.27. The van der Waals surface area contributed by atoms with E-state index < -0.39 is 5.60 Å². The predicted molar refractivity (Wildman–Crippen MR) is 79.8 cm³/mol. The van der Waals surface area contributed by atoms with Crippen molar-refractivity contribution in [2.45, 2.75) is 52.2 Å². The molecule has 1 aliphatic rings. The van der Waals surface area contributed by atoms with E-state index in [1.54, 1.807) is 7.11 Å². The maximum absolute atomic E-state index is 11.7. The van der Waals surface area contributed by atoms with E-state index in [4.69, 9.17) is 9.47 Å². The summed E-state index contributed by atoms with van der Waals surface area (Å²) in [6.07, 6.45) is 2.15. The van der Waals surface area contributed by atoms with Crippen LogP contribution < -0.4 is 10.6 Å². The van der Waals surface area contributed by atoms with E-state index in [1.165, 1.54) is 12.8 Å². The SMILES string of the molecule is COCC(C)CNC(CNC(=O)OC(C)(C)C)C1CC1. The first-order valence-electron chi connectivity index (χ1n) is 7.51. The van der Waals surface area contributed by atoms with E-state index in [2.05, 4.69) is 17.6 Å². The molecule has 20 heavy (non-hydrogen) atoms. The zero-order chi connectivity index (χ0) is 15.2. The lowest BCUT2D eigenvalue weighted by Crippen LogP contribution is -2.45. The molecule has 0 radical (unpaired) electrons. The minimum absolute atomic E-state index is 0.335. The van der Waals surface area contributed by atoms with Crippen LogP contribution in [0.15, 0.2) is 0 Å². The van der Waals surface area contributed by atoms with Crippen LogP contribution >= 0.6 is 0 Å². The Morgan fingerprint density at radius 2 is 1.95 bits per heavy atom. The van der Waals surface area contributed by atoms with Crippen molar-refractivity contribution in [2.24, 2.45) is 11.8 Å². The fourth-order valence-electron chi connectivity index (χ4n) is 2.11. The lowest BCUT2D eigenvalue weighted by atomic mass is 10.1. The van der Waals surface area contributed by atoms with Gasteiger partial charge in [0, 0.05) is 32.8 Å². The molecule has 5 nitrogen and oxygen atoms in total. The molecule has 1 saturated carbocycles. The average Bonchev–Trinajstić information content (AvgIpc) is 3.11. The molecule has 5 heteroatoms. The molecule has 0 aliphatic heterocycles. The van der Waals surface area contributed by atoms with Gasteiger partial charge in [0.15, 0.2) is 0 Å². The summed E-state index contributed by atoms with van der Waals surface area (Å²) in [4.78, 5) is 11.7. The standard InChI is InChI=1S/C15H30N2O3/c1-11(10-19-5)8-16-13(12-6-7-12)9-17-14(18)20-15(2,3)4/h11-13,16H,6-10H2,1-5H3,(H,17,18). The van der Waals surface area contributed by atoms with E-state index in [1.807, 2.05) is 20.8 Å². The Morgan fingerprint density at radius 1 is 1.30 bits per heavy atom. The molecule has 0 saturated heterocycles. The van der Waals surface area contributed by atoms with Gasteiger partial charge in [-0.1, -0.05) is 6.92 Å². The summed E-state index contributed by atoms with van der Waals surface area (Å²) in [5, 5.41) is 6.40. The van der Waals surface area contributed by atoms with Crippen molar-refractivity contribution >= 4 is 6.09 Å². The molecule has 0 aromatic heterocycles. The Bertz CT molecular complexity index is 298. The van der Waals surface area contributed by atoms with Crippen molar-refractivity contribution in [3.8, 4) is 0 Å². The van der Waals surface area contributed by atoms with Crippen molar-refractivity contribution < 1.29 is 14.3 Å². The number of rotatable bonds is 8. The molecule has 1 aliphatic carbocycles. The topological polar surface area (TPSA) is 59.6 Å². The second kappa shape index (κ2) is 7.84. The minimum atomic E-state index is -0.445. The van der Waals surface area contributed by atoms with Gasteiger partial charge in [0.1, 0.15) is 5.60 Å². The number of nitrogens with one attached hydrogen (secondary N) is 2. The van der Waals surface area contributed by atoms with Crippen LogP contribution in [0.5, 0.6) is 0 Å². The number of hydrogen-bond acceptors (Lipinski definition) is 4. The van der Waals surface area contributed by atoms with Crippen molar-refractivity contribution in [3.05, 3.63) is 0 Å². The molecule has 2 unspecified atom stereocenters. The van der Waals surface area contributed by atoms with Crippen LogP contribution in [0.4, 0.5) is 4.79 Å². The molecule has 1 fully saturated rings. The summed E-state index contributed by atoms with van der Waals surface area (Å²) < 4.78 is 10.4. The van der Waals surface area contributed by atoms with Crippen molar-refractivity contribution in [1.29, 1.82) is 0 Å². The zero-order valence-electron chi connectivity index (χ0n) is 13.5. The molecular formula is C15H30N2O3. The maximum Gasteiger partial charge on any atom is 0.407 e. The summed E-state index contributed by atoms with van der Waals surface area (Å²) in [5.41, 5.74) is -0.445. The number of alkyl carbamates (subject to hydrolysis) is 1. The monoisotopic (exact) mass is 286 g/mol. The van der Waals surface area contributed by atoms with E-state index in [9.17, 15) is 4.79 Å². The largest absolute Gasteiger partial charge is 0.444 e. The van der Waals surface area contributed by atoms with E-state index in [0.717, 1.165) is 13.2 Å². The third-order valence-corrected chi connectivity index (χ3v) is 3.24. The summed E-state index contributed by atoms with van der Waals surface area (Å²) >= 11 is 0. The number of carbonyl (C=O) groups is 1. The van der Waals surface area contributed by atoms with Gasteiger partial charge >= 0.3 is 6.09 Å². The van der Waals surface area contributed by atoms with Crippen LogP contribution in [0.2, 0.25) is 0 Å². The number of amides is 1. The van der Waals surface area contributed by atoms with Gasteiger partial charge in [-0.15, -0.1) is 0 Å². The maximum atomic E-state index is 11.7. The first kappa shape index (κ1) is 17.2. The van der Waals surface area contributed by atoms with Crippen LogP contribution in [0, 0.1) is 11.8 Å². The van der Waals surface area contributed by atoms with Gasteiger partial charge in [-0.3, -0.25) is 0 Å². The van der Waals surface area contributed by atoms with Gasteiger partial charge in [-0.05, 0) is 45.4 Å². The van der Waals surface area contributed by atoms with Crippen LogP contribution in [0.3, 0.4) is 0 Å². The Hall–Kier alpha value is -0.810. The number of ether oxygens (including phenoxy) is 2. The molecule has 118 valence electrons. The van der Waals surface area contributed by atoms with Gasteiger partial charge < -0.3 is 20.1 Å². The van der Waals surface area contributed by atoms with Gasteiger partial charge in [0.2, 0.25) is 0 Å². The quantitative estimate of drug-likeness (QED) is 0.718. The van der Waals surface area contributed by atoms with E-state index in [-0.39, 0.29) is 6.09 Å². The third-order valence-electron chi connectivity index (χ3n) is 3.24. The Labute approximate surface area is 122 Å². The predicted octanol–water partition coefficient (Wildman–Crippen LogP) is 2.16. The normalized spacial score (nSPS) is 18.4. The lowest BCUT2D eigenvalue weighted by molar-refractivity contribution is 0.0520. The Kier molecular flexibility index (Phi) is 6.76. The molecule has 0 spiro atoms. The van der Waals surface area contributed by atoms with Crippen LogP contribution in [0.25, 0.3) is 0 Å². The molecule has 0 aromatic carbocycles. The van der Waals surface area contributed by atoms with Gasteiger partial charge in [0.05, 0.1) is 0 Å². The van der Waals surface area contributed by atoms with Crippen LogP contribution in [0.1, 0.15) is 40.5 Å². The third kappa shape index (κ3) is 7.70. The molecule has 1 amide bonds. The molecule has 0 aromatic rings.